The third kappa shape index (κ3) is 9.49. The fourth-order valence-corrected chi connectivity index (χ4v) is 2.70. The molecule has 98 valence electrons. The van der Waals surface area contributed by atoms with Gasteiger partial charge in [0.1, 0.15) is 0 Å². The first kappa shape index (κ1) is 16.3. The molecule has 16 heavy (non-hydrogen) atoms. The molecule has 0 saturated carbocycles. The van der Waals surface area contributed by atoms with E-state index in [-0.39, 0.29) is 0 Å². The van der Waals surface area contributed by atoms with Gasteiger partial charge in [-0.25, -0.2) is 0 Å². The second-order valence-electron chi connectivity index (χ2n) is 4.28. The molecule has 0 aromatic heterocycles. The number of nitrogens with zero attached hydrogens (tertiary/aromatic N) is 1. The summed E-state index contributed by atoms with van der Waals surface area (Å²) in [4.78, 5) is 2.49. The minimum atomic E-state index is 0.681. The van der Waals surface area contributed by atoms with E-state index >= 15 is 0 Å². The second-order valence-corrected chi connectivity index (χ2v) is 5.51. The van der Waals surface area contributed by atoms with Crippen molar-refractivity contribution in [1.82, 2.24) is 10.2 Å². The molecule has 0 fully saturated rings. The molecule has 0 saturated heterocycles. The Morgan fingerprint density at radius 3 is 2.38 bits per heavy atom. The zero-order chi connectivity index (χ0) is 12.2. The first-order valence-corrected chi connectivity index (χ1v) is 7.93. The molecule has 0 aromatic rings. The topological polar surface area (TPSA) is 15.3 Å². The summed E-state index contributed by atoms with van der Waals surface area (Å²) in [6.45, 7) is 13.8. The molecule has 0 aliphatic rings. The van der Waals surface area contributed by atoms with Crippen LogP contribution < -0.4 is 5.32 Å². The summed E-state index contributed by atoms with van der Waals surface area (Å²) in [7, 11) is 0. The van der Waals surface area contributed by atoms with Gasteiger partial charge >= 0.3 is 0 Å². The standard InChI is InChI=1S/C13H30N2S/c1-5-9-14-13(4)8-11-16-12-10-15(6-2)7-3/h13-14H,5-12H2,1-4H3. The highest BCUT2D eigenvalue weighted by Gasteiger charge is 2.01. The van der Waals surface area contributed by atoms with E-state index in [2.05, 4.69) is 49.7 Å². The highest BCUT2D eigenvalue weighted by atomic mass is 32.2. The molecule has 2 nitrogen and oxygen atoms in total. The van der Waals surface area contributed by atoms with Crippen LogP contribution in [0, 0.1) is 0 Å². The van der Waals surface area contributed by atoms with E-state index in [0.29, 0.717) is 6.04 Å². The normalized spacial score (nSPS) is 13.3. The molecule has 0 aromatic carbocycles. The van der Waals surface area contributed by atoms with Gasteiger partial charge in [-0.2, -0.15) is 11.8 Å². The van der Waals surface area contributed by atoms with Crippen molar-refractivity contribution in [2.24, 2.45) is 0 Å². The molecule has 3 heteroatoms. The van der Waals surface area contributed by atoms with E-state index in [9.17, 15) is 0 Å². The van der Waals surface area contributed by atoms with E-state index in [1.54, 1.807) is 0 Å². The molecule has 0 spiro atoms. The Morgan fingerprint density at radius 2 is 1.81 bits per heavy atom. The van der Waals surface area contributed by atoms with Gasteiger partial charge < -0.3 is 10.2 Å². The molecule has 0 heterocycles. The van der Waals surface area contributed by atoms with Crippen LogP contribution in [0.25, 0.3) is 0 Å². The number of thioether (sulfide) groups is 1. The zero-order valence-electron chi connectivity index (χ0n) is 11.6. The molecule has 0 radical (unpaired) electrons. The Bertz CT molecular complexity index is 138. The highest BCUT2D eigenvalue weighted by Crippen LogP contribution is 2.05. The lowest BCUT2D eigenvalue weighted by molar-refractivity contribution is 0.324. The van der Waals surface area contributed by atoms with Gasteiger partial charge in [-0.15, -0.1) is 0 Å². The SMILES string of the molecule is CCCNC(C)CCSCCN(CC)CC. The predicted molar refractivity (Wildman–Crippen MR) is 77.5 cm³/mol. The van der Waals surface area contributed by atoms with E-state index < -0.39 is 0 Å². The molecule has 0 bridgehead atoms. The second kappa shape index (κ2) is 11.7. The fraction of sp³-hybridized carbons (Fsp3) is 1.00. The Kier molecular flexibility index (Phi) is 11.9. The zero-order valence-corrected chi connectivity index (χ0v) is 12.4. The number of hydrogen-bond acceptors (Lipinski definition) is 3. The van der Waals surface area contributed by atoms with E-state index in [1.807, 2.05) is 0 Å². The van der Waals surface area contributed by atoms with Gasteiger partial charge in [-0.3, -0.25) is 0 Å². The Morgan fingerprint density at radius 1 is 1.12 bits per heavy atom. The highest BCUT2D eigenvalue weighted by molar-refractivity contribution is 7.99. The lowest BCUT2D eigenvalue weighted by Crippen LogP contribution is -2.27. The molecule has 1 N–H and O–H groups in total. The lowest BCUT2D eigenvalue weighted by Gasteiger charge is -2.18. The van der Waals surface area contributed by atoms with Crippen LogP contribution in [0.1, 0.15) is 40.5 Å². The van der Waals surface area contributed by atoms with Crippen LogP contribution in [-0.2, 0) is 0 Å². The predicted octanol–water partition coefficient (Wildman–Crippen LogP) is 2.84. The largest absolute Gasteiger partial charge is 0.314 e. The van der Waals surface area contributed by atoms with Gasteiger partial charge in [-0.05, 0) is 45.2 Å². The van der Waals surface area contributed by atoms with Crippen molar-refractivity contribution in [1.29, 1.82) is 0 Å². The molecule has 0 aliphatic heterocycles. The van der Waals surface area contributed by atoms with Gasteiger partial charge in [0.15, 0.2) is 0 Å². The smallest absolute Gasteiger partial charge is 0.00721 e. The fourth-order valence-electron chi connectivity index (χ4n) is 1.59. The summed E-state index contributed by atoms with van der Waals surface area (Å²) < 4.78 is 0. The molecule has 0 amide bonds. The summed E-state index contributed by atoms with van der Waals surface area (Å²) in [5, 5.41) is 3.53. The maximum Gasteiger partial charge on any atom is 0.00721 e. The van der Waals surface area contributed by atoms with Crippen LogP contribution in [0.2, 0.25) is 0 Å². The quantitative estimate of drug-likeness (QED) is 0.564. The summed E-state index contributed by atoms with van der Waals surface area (Å²) in [6, 6.07) is 0.681. The molecule has 1 unspecified atom stereocenters. The minimum absolute atomic E-state index is 0.681. The van der Waals surface area contributed by atoms with Crippen LogP contribution in [0.15, 0.2) is 0 Å². The van der Waals surface area contributed by atoms with Crippen LogP contribution in [0.3, 0.4) is 0 Å². The van der Waals surface area contributed by atoms with Crippen molar-refractivity contribution in [3.05, 3.63) is 0 Å². The maximum atomic E-state index is 3.53. The maximum absolute atomic E-state index is 3.53. The average Bonchev–Trinajstić information content (AvgIpc) is 2.31. The van der Waals surface area contributed by atoms with Gasteiger partial charge in [0, 0.05) is 18.3 Å². The number of hydrogen-bond donors (Lipinski definition) is 1. The van der Waals surface area contributed by atoms with Gasteiger partial charge in [0.05, 0.1) is 0 Å². The van der Waals surface area contributed by atoms with Crippen molar-refractivity contribution >= 4 is 11.8 Å². The molecule has 0 aliphatic carbocycles. The summed E-state index contributed by atoms with van der Waals surface area (Å²) in [6.07, 6.45) is 2.53. The van der Waals surface area contributed by atoms with Gasteiger partial charge in [0.2, 0.25) is 0 Å². The van der Waals surface area contributed by atoms with E-state index in [1.165, 1.54) is 44.0 Å². The summed E-state index contributed by atoms with van der Waals surface area (Å²) in [5.41, 5.74) is 0. The van der Waals surface area contributed by atoms with Gasteiger partial charge in [-0.1, -0.05) is 20.8 Å². The first-order valence-electron chi connectivity index (χ1n) is 6.78. The minimum Gasteiger partial charge on any atom is -0.314 e. The number of nitrogens with one attached hydrogen (secondary N) is 1. The van der Waals surface area contributed by atoms with Crippen molar-refractivity contribution < 1.29 is 0 Å². The van der Waals surface area contributed by atoms with Crippen LogP contribution in [0.4, 0.5) is 0 Å². The van der Waals surface area contributed by atoms with Crippen molar-refractivity contribution in [2.75, 3.05) is 37.7 Å². The van der Waals surface area contributed by atoms with Crippen molar-refractivity contribution in [2.45, 2.75) is 46.6 Å². The van der Waals surface area contributed by atoms with Gasteiger partial charge in [0.25, 0.3) is 0 Å². The summed E-state index contributed by atoms with van der Waals surface area (Å²) >= 11 is 2.09. The summed E-state index contributed by atoms with van der Waals surface area (Å²) in [5.74, 6) is 2.57. The van der Waals surface area contributed by atoms with Crippen LogP contribution in [-0.4, -0.2) is 48.6 Å². The average molecular weight is 246 g/mol. The third-order valence-electron chi connectivity index (χ3n) is 2.88. The molecule has 1 atom stereocenters. The Balaban J connectivity index is 3.25. The lowest BCUT2D eigenvalue weighted by atomic mass is 10.2. The molecular weight excluding hydrogens is 216 g/mol. The van der Waals surface area contributed by atoms with Crippen molar-refractivity contribution in [3.63, 3.8) is 0 Å². The van der Waals surface area contributed by atoms with Crippen LogP contribution >= 0.6 is 11.8 Å². The third-order valence-corrected chi connectivity index (χ3v) is 3.88. The van der Waals surface area contributed by atoms with Crippen molar-refractivity contribution in [3.8, 4) is 0 Å². The molecular formula is C13H30N2S. The first-order chi connectivity index (χ1) is 7.74. The monoisotopic (exact) mass is 246 g/mol. The molecule has 0 rings (SSSR count). The number of rotatable bonds is 11. The van der Waals surface area contributed by atoms with E-state index in [0.717, 1.165) is 6.54 Å². The van der Waals surface area contributed by atoms with Crippen LogP contribution in [0.5, 0.6) is 0 Å². The van der Waals surface area contributed by atoms with E-state index in [4.69, 9.17) is 0 Å². The Labute approximate surface area is 107 Å². The Hall–Kier alpha value is 0.270.